The molecule has 3 heterocycles. The molecule has 0 radical (unpaired) electrons. The van der Waals surface area contributed by atoms with E-state index in [1.807, 2.05) is 33.5 Å². The first-order chi connectivity index (χ1) is 17.0. The fraction of sp³-hybridized carbons (Fsp3) is 0.167. The van der Waals surface area contributed by atoms with E-state index in [9.17, 15) is 9.59 Å². The average Bonchev–Trinajstić information content (AvgIpc) is 3.60. The molecule has 4 aromatic rings. The van der Waals surface area contributed by atoms with E-state index in [0.29, 0.717) is 39.3 Å². The number of hydrogen-bond acceptors (Lipinski definition) is 8. The highest BCUT2D eigenvalue weighted by Gasteiger charge is 2.23. The number of esters is 1. The molecule has 0 unspecified atom stereocenters. The zero-order chi connectivity index (χ0) is 24.8. The van der Waals surface area contributed by atoms with Crippen molar-refractivity contribution >= 4 is 62.9 Å². The summed E-state index contributed by atoms with van der Waals surface area (Å²) < 4.78 is 6.93. The maximum atomic E-state index is 12.8. The molecule has 0 spiro atoms. The van der Waals surface area contributed by atoms with Gasteiger partial charge in [0.25, 0.3) is 0 Å². The largest absolute Gasteiger partial charge is 0.465 e. The Hall–Kier alpha value is -2.92. The summed E-state index contributed by atoms with van der Waals surface area (Å²) in [6.07, 6.45) is 2.44. The molecular formula is C24H21ClN4O3S3. The molecule has 0 saturated carbocycles. The first-order valence-corrected chi connectivity index (χ1v) is 13.6. The van der Waals surface area contributed by atoms with Gasteiger partial charge in [-0.25, -0.2) is 4.79 Å². The van der Waals surface area contributed by atoms with Gasteiger partial charge in [0.05, 0.1) is 12.9 Å². The Labute approximate surface area is 219 Å². The molecule has 0 atom stereocenters. The van der Waals surface area contributed by atoms with Gasteiger partial charge in [0.15, 0.2) is 5.16 Å². The zero-order valence-corrected chi connectivity index (χ0v) is 21.9. The molecule has 1 aromatic carbocycles. The second-order valence-corrected chi connectivity index (χ2v) is 10.5. The molecule has 1 amide bonds. The number of thioether (sulfide) groups is 1. The van der Waals surface area contributed by atoms with E-state index in [-0.39, 0.29) is 11.7 Å². The molecule has 0 aliphatic heterocycles. The summed E-state index contributed by atoms with van der Waals surface area (Å²) in [7, 11) is 1.31. The first-order valence-electron chi connectivity index (χ1n) is 10.4. The molecule has 0 saturated heterocycles. The smallest absolute Gasteiger partial charge is 0.341 e. The van der Waals surface area contributed by atoms with E-state index in [2.05, 4.69) is 28.2 Å². The van der Waals surface area contributed by atoms with Gasteiger partial charge in [-0.2, -0.15) is 0 Å². The zero-order valence-electron chi connectivity index (χ0n) is 18.7. The Bertz CT molecular complexity index is 1330. The Balaban J connectivity index is 1.48. The number of thiophene rings is 2. The third-order valence-electron chi connectivity index (χ3n) is 4.94. The van der Waals surface area contributed by atoms with Crippen LogP contribution < -0.4 is 5.32 Å². The summed E-state index contributed by atoms with van der Waals surface area (Å²) in [6, 6.07) is 11.2. The van der Waals surface area contributed by atoms with Gasteiger partial charge in [0, 0.05) is 33.8 Å². The number of rotatable bonds is 10. The Morgan fingerprint density at radius 1 is 1.23 bits per heavy atom. The summed E-state index contributed by atoms with van der Waals surface area (Å²) in [6.45, 7) is 4.36. The quantitative estimate of drug-likeness (QED) is 0.149. The van der Waals surface area contributed by atoms with Crippen molar-refractivity contribution in [2.24, 2.45) is 0 Å². The SMILES string of the molecule is C=CCn1c(Cc2cccs2)nnc1SCC(=O)Nc1scc(-c2ccc(Cl)cc2)c1C(=O)OC. The van der Waals surface area contributed by atoms with Crippen LogP contribution in [0.5, 0.6) is 0 Å². The van der Waals surface area contributed by atoms with Gasteiger partial charge in [-0.1, -0.05) is 47.6 Å². The highest BCUT2D eigenvalue weighted by atomic mass is 35.5. The van der Waals surface area contributed by atoms with Crippen molar-refractivity contribution in [1.29, 1.82) is 0 Å². The number of carbonyl (C=O) groups excluding carboxylic acids is 2. The molecule has 0 fully saturated rings. The van der Waals surface area contributed by atoms with Crippen molar-refractivity contribution < 1.29 is 14.3 Å². The third kappa shape index (κ3) is 6.02. The normalized spacial score (nSPS) is 10.8. The minimum atomic E-state index is -0.525. The van der Waals surface area contributed by atoms with Crippen molar-refractivity contribution in [2.75, 3.05) is 18.2 Å². The highest BCUT2D eigenvalue weighted by Crippen LogP contribution is 2.36. The summed E-state index contributed by atoms with van der Waals surface area (Å²) in [5.41, 5.74) is 1.79. The maximum absolute atomic E-state index is 12.8. The van der Waals surface area contributed by atoms with E-state index >= 15 is 0 Å². The number of anilines is 1. The fourth-order valence-electron chi connectivity index (χ4n) is 3.33. The Morgan fingerprint density at radius 3 is 2.71 bits per heavy atom. The van der Waals surface area contributed by atoms with Crippen LogP contribution in [0.4, 0.5) is 5.00 Å². The van der Waals surface area contributed by atoms with E-state index in [1.165, 1.54) is 35.1 Å². The number of benzene rings is 1. The average molecular weight is 545 g/mol. The minimum absolute atomic E-state index is 0.100. The van der Waals surface area contributed by atoms with E-state index in [1.54, 1.807) is 29.5 Å². The number of methoxy groups -OCH3 is 1. The van der Waals surface area contributed by atoms with Crippen LogP contribution in [0.1, 0.15) is 21.1 Å². The minimum Gasteiger partial charge on any atom is -0.465 e. The van der Waals surface area contributed by atoms with E-state index < -0.39 is 5.97 Å². The molecule has 1 N–H and O–H groups in total. The molecule has 7 nitrogen and oxygen atoms in total. The lowest BCUT2D eigenvalue weighted by atomic mass is 10.0. The van der Waals surface area contributed by atoms with Gasteiger partial charge in [-0.05, 0) is 29.1 Å². The fourth-order valence-corrected chi connectivity index (χ4v) is 5.90. The maximum Gasteiger partial charge on any atom is 0.341 e. The van der Waals surface area contributed by atoms with E-state index in [4.69, 9.17) is 16.3 Å². The summed E-state index contributed by atoms with van der Waals surface area (Å²) >= 11 is 10.2. The number of aromatic nitrogens is 3. The van der Waals surface area contributed by atoms with Crippen molar-refractivity contribution in [3.05, 3.63) is 81.1 Å². The van der Waals surface area contributed by atoms with Crippen molar-refractivity contribution in [2.45, 2.75) is 18.1 Å². The monoisotopic (exact) mass is 544 g/mol. The summed E-state index contributed by atoms with van der Waals surface area (Å²) in [5.74, 6) is 0.123. The number of carbonyl (C=O) groups is 2. The van der Waals surface area contributed by atoms with E-state index in [0.717, 1.165) is 11.4 Å². The lowest BCUT2D eigenvalue weighted by Crippen LogP contribution is -2.16. The van der Waals surface area contributed by atoms with Crippen LogP contribution >= 0.6 is 46.0 Å². The molecule has 0 aliphatic rings. The summed E-state index contributed by atoms with van der Waals surface area (Å²) in [5, 5.41) is 16.9. The number of allylic oxidation sites excluding steroid dienone is 1. The van der Waals surface area contributed by atoms with Crippen LogP contribution in [-0.4, -0.2) is 39.5 Å². The van der Waals surface area contributed by atoms with Crippen molar-refractivity contribution in [3.63, 3.8) is 0 Å². The standard InChI is InChI=1S/C24H21ClN4O3S3/c1-3-10-29-19(12-17-5-4-11-33-17)27-28-24(29)35-14-20(30)26-22-21(23(31)32-2)18(13-34-22)15-6-8-16(25)9-7-15/h3-9,11,13H,1,10,12,14H2,2H3,(H,26,30). The molecule has 4 rings (SSSR count). The topological polar surface area (TPSA) is 86.1 Å². The molecule has 0 bridgehead atoms. The van der Waals surface area contributed by atoms with Crippen LogP contribution in [0.2, 0.25) is 5.02 Å². The summed E-state index contributed by atoms with van der Waals surface area (Å²) in [4.78, 5) is 26.5. The van der Waals surface area contributed by atoms with Gasteiger partial charge >= 0.3 is 5.97 Å². The van der Waals surface area contributed by atoms with Gasteiger partial charge in [-0.15, -0.1) is 39.4 Å². The van der Waals surface area contributed by atoms with Crippen LogP contribution in [0.15, 0.2) is 65.0 Å². The van der Waals surface area contributed by atoms with Crippen LogP contribution in [0, 0.1) is 0 Å². The highest BCUT2D eigenvalue weighted by molar-refractivity contribution is 7.99. The Morgan fingerprint density at radius 2 is 2.03 bits per heavy atom. The van der Waals surface area contributed by atoms with Crippen LogP contribution in [0.25, 0.3) is 11.1 Å². The van der Waals surface area contributed by atoms with Gasteiger partial charge in [0.1, 0.15) is 16.4 Å². The second-order valence-electron chi connectivity index (χ2n) is 7.24. The number of amides is 1. The lowest BCUT2D eigenvalue weighted by molar-refractivity contribution is -0.113. The number of hydrogen-bond donors (Lipinski definition) is 1. The molecule has 180 valence electrons. The van der Waals surface area contributed by atoms with Crippen molar-refractivity contribution in [1.82, 2.24) is 14.8 Å². The molecule has 35 heavy (non-hydrogen) atoms. The predicted molar refractivity (Wildman–Crippen MR) is 143 cm³/mol. The molecule has 11 heteroatoms. The molecule has 0 aliphatic carbocycles. The molecular weight excluding hydrogens is 524 g/mol. The second kappa shape index (κ2) is 11.7. The number of nitrogens with zero attached hydrogens (tertiary/aromatic N) is 3. The lowest BCUT2D eigenvalue weighted by Gasteiger charge is -2.09. The number of nitrogens with one attached hydrogen (secondary N) is 1. The van der Waals surface area contributed by atoms with Crippen molar-refractivity contribution in [3.8, 4) is 11.1 Å². The van der Waals surface area contributed by atoms with Gasteiger partial charge in [0.2, 0.25) is 5.91 Å². The van der Waals surface area contributed by atoms with Gasteiger partial charge in [-0.3, -0.25) is 4.79 Å². The Kier molecular flexibility index (Phi) is 8.40. The van der Waals surface area contributed by atoms with Crippen LogP contribution in [-0.2, 0) is 22.5 Å². The van der Waals surface area contributed by atoms with Gasteiger partial charge < -0.3 is 14.6 Å². The predicted octanol–water partition coefficient (Wildman–Crippen LogP) is 6.02. The molecule has 3 aromatic heterocycles. The number of ether oxygens (including phenoxy) is 1. The number of halogens is 1. The third-order valence-corrected chi connectivity index (χ3v) is 7.93. The first kappa shape index (κ1) is 25.2. The van der Waals surface area contributed by atoms with Crippen LogP contribution in [0.3, 0.4) is 0 Å².